The number of ether oxygens (including phenoxy) is 1. The summed E-state index contributed by atoms with van der Waals surface area (Å²) in [4.78, 5) is 0. The summed E-state index contributed by atoms with van der Waals surface area (Å²) < 4.78 is 4.96. The van der Waals surface area contributed by atoms with E-state index in [0.29, 0.717) is 18.7 Å². The van der Waals surface area contributed by atoms with Gasteiger partial charge in [0.2, 0.25) is 0 Å². The van der Waals surface area contributed by atoms with E-state index in [1.54, 1.807) is 6.08 Å². The summed E-state index contributed by atoms with van der Waals surface area (Å²) in [6.07, 6.45) is 2.58. The fourth-order valence-electron chi connectivity index (χ4n) is 0.757. The zero-order chi connectivity index (χ0) is 6.69. The quantitative estimate of drug-likeness (QED) is 0.461. The Morgan fingerprint density at radius 2 is 2.33 bits per heavy atom. The lowest BCUT2D eigenvalue weighted by Crippen LogP contribution is -2.22. The van der Waals surface area contributed by atoms with Crippen molar-refractivity contribution in [3.05, 3.63) is 11.5 Å². The summed E-state index contributed by atoms with van der Waals surface area (Å²) in [5.74, 6) is 0. The van der Waals surface area contributed by atoms with E-state index >= 15 is 0 Å². The van der Waals surface area contributed by atoms with Gasteiger partial charge in [-0.05, 0) is 11.9 Å². The first-order valence-corrected chi connectivity index (χ1v) is 2.93. The molecule has 0 saturated heterocycles. The summed E-state index contributed by atoms with van der Waals surface area (Å²) in [7, 11) is -1.33. The average molecular weight is 128 g/mol. The van der Waals surface area contributed by atoms with Crippen molar-refractivity contribution >= 4 is 7.12 Å². The molecule has 1 rings (SSSR count). The normalized spacial score (nSPS) is 19.1. The molecule has 0 aromatic rings. The van der Waals surface area contributed by atoms with Crippen LogP contribution in [0.3, 0.4) is 0 Å². The standard InChI is InChI=1S/C5H9BO3/c7-6(8)5-2-1-3-9-4-5/h2,7-8H,1,3-4H2. The van der Waals surface area contributed by atoms with E-state index in [4.69, 9.17) is 14.8 Å². The van der Waals surface area contributed by atoms with Gasteiger partial charge >= 0.3 is 7.12 Å². The van der Waals surface area contributed by atoms with Gasteiger partial charge in [-0.15, -0.1) is 0 Å². The second-order valence-corrected chi connectivity index (χ2v) is 1.99. The summed E-state index contributed by atoms with van der Waals surface area (Å²) in [5, 5.41) is 17.2. The average Bonchev–Trinajstić information content (AvgIpc) is 1.90. The SMILES string of the molecule is OB(O)C1=CCCOC1. The lowest BCUT2D eigenvalue weighted by atomic mass is 9.79. The molecule has 0 bridgehead atoms. The Bertz CT molecular complexity index is 121. The summed E-state index contributed by atoms with van der Waals surface area (Å²) in [5.41, 5.74) is 0.571. The van der Waals surface area contributed by atoms with Crippen molar-refractivity contribution in [3.63, 3.8) is 0 Å². The first kappa shape index (κ1) is 6.80. The van der Waals surface area contributed by atoms with E-state index in [1.165, 1.54) is 0 Å². The Morgan fingerprint density at radius 1 is 1.56 bits per heavy atom. The summed E-state index contributed by atoms with van der Waals surface area (Å²) in [6, 6.07) is 0. The van der Waals surface area contributed by atoms with E-state index in [2.05, 4.69) is 0 Å². The maximum Gasteiger partial charge on any atom is 0.486 e. The van der Waals surface area contributed by atoms with Crippen LogP contribution in [0.1, 0.15) is 6.42 Å². The van der Waals surface area contributed by atoms with Crippen LogP contribution in [-0.4, -0.2) is 30.4 Å². The lowest BCUT2D eigenvalue weighted by molar-refractivity contribution is 0.151. The van der Waals surface area contributed by atoms with Gasteiger partial charge in [0, 0.05) is 0 Å². The Labute approximate surface area is 54.1 Å². The van der Waals surface area contributed by atoms with E-state index in [1.807, 2.05) is 0 Å². The van der Waals surface area contributed by atoms with Gasteiger partial charge in [-0.1, -0.05) is 6.08 Å². The Kier molecular flexibility index (Phi) is 2.27. The minimum atomic E-state index is -1.33. The largest absolute Gasteiger partial charge is 0.486 e. The minimum absolute atomic E-state index is 0.359. The molecule has 0 amide bonds. The maximum absolute atomic E-state index is 8.58. The van der Waals surface area contributed by atoms with Crippen LogP contribution in [0.15, 0.2) is 11.5 Å². The van der Waals surface area contributed by atoms with Crippen molar-refractivity contribution in [2.45, 2.75) is 6.42 Å². The molecule has 0 spiro atoms. The highest BCUT2D eigenvalue weighted by Crippen LogP contribution is 2.05. The van der Waals surface area contributed by atoms with Crippen molar-refractivity contribution in [1.82, 2.24) is 0 Å². The van der Waals surface area contributed by atoms with Crippen LogP contribution < -0.4 is 0 Å². The molecule has 50 valence electrons. The van der Waals surface area contributed by atoms with Gasteiger partial charge in [0.15, 0.2) is 0 Å². The van der Waals surface area contributed by atoms with Crippen molar-refractivity contribution in [1.29, 1.82) is 0 Å². The first-order chi connectivity index (χ1) is 4.30. The number of hydrogen-bond donors (Lipinski definition) is 2. The maximum atomic E-state index is 8.58. The fourth-order valence-corrected chi connectivity index (χ4v) is 0.757. The van der Waals surface area contributed by atoms with E-state index in [-0.39, 0.29) is 0 Å². The molecular formula is C5H9BO3. The first-order valence-electron chi connectivity index (χ1n) is 2.93. The number of hydrogen-bond acceptors (Lipinski definition) is 3. The molecule has 1 aliphatic rings. The summed E-state index contributed by atoms with van der Waals surface area (Å²) >= 11 is 0. The third-order valence-electron chi connectivity index (χ3n) is 1.27. The van der Waals surface area contributed by atoms with Gasteiger partial charge in [-0.25, -0.2) is 0 Å². The molecule has 3 nitrogen and oxygen atoms in total. The summed E-state index contributed by atoms with van der Waals surface area (Å²) in [6.45, 7) is 1.05. The van der Waals surface area contributed by atoms with Crippen molar-refractivity contribution in [3.8, 4) is 0 Å². The van der Waals surface area contributed by atoms with E-state index in [0.717, 1.165) is 6.42 Å². The molecule has 2 N–H and O–H groups in total. The molecule has 0 atom stereocenters. The van der Waals surface area contributed by atoms with Crippen LogP contribution in [0.4, 0.5) is 0 Å². The fraction of sp³-hybridized carbons (Fsp3) is 0.600. The van der Waals surface area contributed by atoms with Crippen molar-refractivity contribution in [2.75, 3.05) is 13.2 Å². The van der Waals surface area contributed by atoms with E-state index in [9.17, 15) is 0 Å². The second-order valence-electron chi connectivity index (χ2n) is 1.99. The number of rotatable bonds is 1. The van der Waals surface area contributed by atoms with Crippen molar-refractivity contribution < 1.29 is 14.8 Å². The van der Waals surface area contributed by atoms with Gasteiger partial charge in [0.25, 0.3) is 0 Å². The predicted octanol–water partition coefficient (Wildman–Crippen LogP) is -0.655. The molecule has 4 heteroatoms. The minimum Gasteiger partial charge on any atom is -0.423 e. The molecule has 1 aliphatic heterocycles. The zero-order valence-electron chi connectivity index (χ0n) is 5.08. The van der Waals surface area contributed by atoms with Crippen molar-refractivity contribution in [2.24, 2.45) is 0 Å². The third-order valence-corrected chi connectivity index (χ3v) is 1.27. The molecule has 0 unspecified atom stereocenters. The highest BCUT2D eigenvalue weighted by molar-refractivity contribution is 6.50. The van der Waals surface area contributed by atoms with Gasteiger partial charge in [-0.3, -0.25) is 0 Å². The van der Waals surface area contributed by atoms with Crippen LogP contribution in [0.2, 0.25) is 0 Å². The van der Waals surface area contributed by atoms with Crippen LogP contribution in [-0.2, 0) is 4.74 Å². The predicted molar refractivity (Wildman–Crippen MR) is 33.7 cm³/mol. The lowest BCUT2D eigenvalue weighted by Gasteiger charge is -2.11. The highest BCUT2D eigenvalue weighted by atomic mass is 16.5. The molecule has 1 heterocycles. The molecule has 0 aromatic carbocycles. The van der Waals surface area contributed by atoms with Crippen LogP contribution in [0.5, 0.6) is 0 Å². The smallest absolute Gasteiger partial charge is 0.423 e. The second kappa shape index (κ2) is 3.01. The molecule has 0 fully saturated rings. The zero-order valence-corrected chi connectivity index (χ0v) is 5.08. The molecule has 0 radical (unpaired) electrons. The molecule has 9 heavy (non-hydrogen) atoms. The molecular weight excluding hydrogens is 119 g/mol. The Hall–Kier alpha value is -0.315. The highest BCUT2D eigenvalue weighted by Gasteiger charge is 2.16. The van der Waals surface area contributed by atoms with Gasteiger partial charge < -0.3 is 14.8 Å². The molecule has 0 saturated carbocycles. The Morgan fingerprint density at radius 3 is 2.67 bits per heavy atom. The van der Waals surface area contributed by atoms with Crippen LogP contribution >= 0.6 is 0 Å². The van der Waals surface area contributed by atoms with Gasteiger partial charge in [-0.2, -0.15) is 0 Å². The van der Waals surface area contributed by atoms with Gasteiger partial charge in [0.05, 0.1) is 13.2 Å². The Balaban J connectivity index is 2.46. The third kappa shape index (κ3) is 1.82. The van der Waals surface area contributed by atoms with Gasteiger partial charge in [0.1, 0.15) is 0 Å². The monoisotopic (exact) mass is 128 g/mol. The van der Waals surface area contributed by atoms with E-state index < -0.39 is 7.12 Å². The molecule has 0 aromatic heterocycles. The molecule has 0 aliphatic carbocycles. The van der Waals surface area contributed by atoms with Crippen LogP contribution in [0.25, 0.3) is 0 Å². The van der Waals surface area contributed by atoms with Crippen LogP contribution in [0, 0.1) is 0 Å². The topological polar surface area (TPSA) is 49.7 Å².